The molecule has 0 aliphatic carbocycles. The molecule has 4 rings (SSSR count). The van der Waals surface area contributed by atoms with Crippen LogP contribution in [0.25, 0.3) is 22.2 Å². The molecule has 0 aliphatic heterocycles. The summed E-state index contributed by atoms with van der Waals surface area (Å²) in [5.74, 6) is 1.21. The van der Waals surface area contributed by atoms with Gasteiger partial charge >= 0.3 is 0 Å². The lowest BCUT2D eigenvalue weighted by atomic mass is 10.0. The van der Waals surface area contributed by atoms with E-state index in [1.54, 1.807) is 37.7 Å². The standard InChI is InChI=1S/C25H22N4O4/c1-31-17-12-23(32-2)20(24(13-17)33-3)15-27-29-25(30)19-14-22(16-8-10-26-11-9-16)28-21-7-5-4-6-18(19)21/h4-15H,1-3H3,(H,29,30)/b27-15+. The van der Waals surface area contributed by atoms with Crippen molar-refractivity contribution in [1.29, 1.82) is 0 Å². The summed E-state index contributed by atoms with van der Waals surface area (Å²) >= 11 is 0. The van der Waals surface area contributed by atoms with Crippen LogP contribution in [0, 0.1) is 0 Å². The van der Waals surface area contributed by atoms with Gasteiger partial charge < -0.3 is 14.2 Å². The van der Waals surface area contributed by atoms with E-state index >= 15 is 0 Å². The van der Waals surface area contributed by atoms with Crippen LogP contribution in [-0.2, 0) is 0 Å². The van der Waals surface area contributed by atoms with E-state index in [-0.39, 0.29) is 5.91 Å². The van der Waals surface area contributed by atoms with Crippen LogP contribution >= 0.6 is 0 Å². The van der Waals surface area contributed by atoms with Gasteiger partial charge in [-0.1, -0.05) is 18.2 Å². The summed E-state index contributed by atoms with van der Waals surface area (Å²) in [4.78, 5) is 21.8. The number of hydrogen-bond donors (Lipinski definition) is 1. The third-order valence-electron chi connectivity index (χ3n) is 5.05. The van der Waals surface area contributed by atoms with Gasteiger partial charge in [-0.15, -0.1) is 0 Å². The van der Waals surface area contributed by atoms with Crippen molar-refractivity contribution in [3.05, 3.63) is 78.1 Å². The highest BCUT2D eigenvalue weighted by atomic mass is 16.5. The average molecular weight is 442 g/mol. The Morgan fingerprint density at radius 3 is 2.30 bits per heavy atom. The highest BCUT2D eigenvalue weighted by Crippen LogP contribution is 2.32. The van der Waals surface area contributed by atoms with Gasteiger partial charge in [0.1, 0.15) is 17.2 Å². The van der Waals surface area contributed by atoms with Gasteiger partial charge in [0.15, 0.2) is 0 Å². The highest BCUT2D eigenvalue weighted by molar-refractivity contribution is 6.07. The molecule has 2 aromatic carbocycles. The molecule has 33 heavy (non-hydrogen) atoms. The van der Waals surface area contributed by atoms with E-state index in [4.69, 9.17) is 14.2 Å². The lowest BCUT2D eigenvalue weighted by Crippen LogP contribution is -2.18. The summed E-state index contributed by atoms with van der Waals surface area (Å²) < 4.78 is 16.1. The lowest BCUT2D eigenvalue weighted by Gasteiger charge is -2.12. The van der Waals surface area contributed by atoms with Crippen molar-refractivity contribution in [2.24, 2.45) is 5.10 Å². The number of nitrogens with one attached hydrogen (secondary N) is 1. The number of nitrogens with zero attached hydrogens (tertiary/aromatic N) is 3. The average Bonchev–Trinajstić information content (AvgIpc) is 2.88. The Balaban J connectivity index is 1.67. The molecular weight excluding hydrogens is 420 g/mol. The normalized spacial score (nSPS) is 10.9. The smallest absolute Gasteiger partial charge is 0.272 e. The Hall–Kier alpha value is -4.46. The Kier molecular flexibility index (Phi) is 6.45. The van der Waals surface area contributed by atoms with Gasteiger partial charge in [0.05, 0.1) is 49.9 Å². The van der Waals surface area contributed by atoms with E-state index in [0.29, 0.717) is 39.6 Å². The van der Waals surface area contributed by atoms with Gasteiger partial charge in [-0.3, -0.25) is 9.78 Å². The summed E-state index contributed by atoms with van der Waals surface area (Å²) in [5.41, 5.74) is 5.86. The molecule has 0 saturated heterocycles. The molecular formula is C25H22N4O4. The van der Waals surface area contributed by atoms with Crippen LogP contribution in [0.5, 0.6) is 17.2 Å². The Labute approximate surface area is 190 Å². The molecule has 8 heteroatoms. The number of hydrogen-bond acceptors (Lipinski definition) is 7. The van der Waals surface area contributed by atoms with Crippen LogP contribution in [0.2, 0.25) is 0 Å². The number of carbonyl (C=O) groups excluding carboxylic acids is 1. The predicted octanol–water partition coefficient (Wildman–Crippen LogP) is 4.09. The summed E-state index contributed by atoms with van der Waals surface area (Å²) in [6.07, 6.45) is 4.85. The van der Waals surface area contributed by atoms with Gasteiger partial charge in [0, 0.05) is 35.5 Å². The summed E-state index contributed by atoms with van der Waals surface area (Å²) in [5, 5.41) is 4.87. The molecule has 0 atom stereocenters. The number of hydrazone groups is 1. The molecule has 2 aromatic heterocycles. The zero-order valence-electron chi connectivity index (χ0n) is 18.4. The molecule has 0 radical (unpaired) electrons. The summed E-state index contributed by atoms with van der Waals surface area (Å²) in [6, 6.07) is 16.3. The van der Waals surface area contributed by atoms with Crippen molar-refractivity contribution in [2.75, 3.05) is 21.3 Å². The number of carbonyl (C=O) groups is 1. The van der Waals surface area contributed by atoms with Crippen LogP contribution in [0.4, 0.5) is 0 Å². The number of methoxy groups -OCH3 is 3. The first-order chi connectivity index (χ1) is 16.1. The maximum Gasteiger partial charge on any atom is 0.272 e. The van der Waals surface area contributed by atoms with E-state index in [9.17, 15) is 4.79 Å². The maximum absolute atomic E-state index is 13.1. The summed E-state index contributed by atoms with van der Waals surface area (Å²) in [6.45, 7) is 0. The molecule has 0 saturated carbocycles. The van der Waals surface area contributed by atoms with Crippen LogP contribution in [0.3, 0.4) is 0 Å². The summed E-state index contributed by atoms with van der Waals surface area (Å²) in [7, 11) is 4.63. The number of benzene rings is 2. The number of rotatable bonds is 7. The van der Waals surface area contributed by atoms with Crippen LogP contribution in [0.1, 0.15) is 15.9 Å². The second kappa shape index (κ2) is 9.78. The monoisotopic (exact) mass is 442 g/mol. The molecule has 0 aliphatic rings. The first-order valence-corrected chi connectivity index (χ1v) is 10.1. The quantitative estimate of drug-likeness (QED) is 0.342. The van der Waals surface area contributed by atoms with Crippen LogP contribution in [0.15, 0.2) is 72.1 Å². The highest BCUT2D eigenvalue weighted by Gasteiger charge is 2.15. The molecule has 2 heterocycles. The first kappa shape index (κ1) is 21.8. The molecule has 166 valence electrons. The second-order valence-electron chi connectivity index (χ2n) is 6.95. The van der Waals surface area contributed by atoms with Crippen molar-refractivity contribution < 1.29 is 19.0 Å². The van der Waals surface area contributed by atoms with Gasteiger partial charge in [-0.05, 0) is 24.3 Å². The third-order valence-corrected chi connectivity index (χ3v) is 5.05. The van der Waals surface area contributed by atoms with E-state index < -0.39 is 0 Å². The number of amides is 1. The minimum atomic E-state index is -0.369. The van der Waals surface area contributed by atoms with Crippen LogP contribution < -0.4 is 19.6 Å². The van der Waals surface area contributed by atoms with Gasteiger partial charge in [0.25, 0.3) is 5.91 Å². The number of ether oxygens (including phenoxy) is 3. The molecule has 0 unspecified atom stereocenters. The number of aromatic nitrogens is 2. The van der Waals surface area contributed by atoms with Crippen molar-refractivity contribution in [1.82, 2.24) is 15.4 Å². The molecule has 0 spiro atoms. The SMILES string of the molecule is COc1cc(OC)c(/C=N/NC(=O)c2cc(-c3ccncc3)nc3ccccc23)c(OC)c1. The van der Waals surface area contributed by atoms with Gasteiger partial charge in [0.2, 0.25) is 0 Å². The van der Waals surface area contributed by atoms with Crippen molar-refractivity contribution in [2.45, 2.75) is 0 Å². The Morgan fingerprint density at radius 2 is 1.64 bits per heavy atom. The van der Waals surface area contributed by atoms with E-state index in [1.165, 1.54) is 20.4 Å². The van der Waals surface area contributed by atoms with Gasteiger partial charge in [-0.25, -0.2) is 10.4 Å². The number of pyridine rings is 2. The number of para-hydroxylation sites is 1. The van der Waals surface area contributed by atoms with Crippen molar-refractivity contribution >= 4 is 23.0 Å². The molecule has 1 N–H and O–H groups in total. The maximum atomic E-state index is 13.1. The fraction of sp³-hybridized carbons (Fsp3) is 0.120. The van der Waals surface area contributed by atoms with Crippen LogP contribution in [-0.4, -0.2) is 43.4 Å². The van der Waals surface area contributed by atoms with E-state index in [0.717, 1.165) is 10.9 Å². The molecule has 0 fully saturated rings. The molecule has 4 aromatic rings. The molecule has 0 bridgehead atoms. The van der Waals surface area contributed by atoms with Crippen molar-refractivity contribution in [3.8, 4) is 28.5 Å². The topological polar surface area (TPSA) is 94.9 Å². The Morgan fingerprint density at radius 1 is 0.939 bits per heavy atom. The zero-order valence-corrected chi connectivity index (χ0v) is 18.4. The lowest BCUT2D eigenvalue weighted by molar-refractivity contribution is 0.0956. The van der Waals surface area contributed by atoms with E-state index in [2.05, 4.69) is 20.5 Å². The Bertz CT molecular complexity index is 1300. The number of fused-ring (bicyclic) bond motifs is 1. The fourth-order valence-corrected chi connectivity index (χ4v) is 3.41. The molecule has 8 nitrogen and oxygen atoms in total. The van der Waals surface area contributed by atoms with E-state index in [1.807, 2.05) is 36.4 Å². The van der Waals surface area contributed by atoms with Gasteiger partial charge in [-0.2, -0.15) is 5.10 Å². The second-order valence-corrected chi connectivity index (χ2v) is 6.95. The van der Waals surface area contributed by atoms with Crippen molar-refractivity contribution in [3.63, 3.8) is 0 Å². The predicted molar refractivity (Wildman–Crippen MR) is 126 cm³/mol. The first-order valence-electron chi connectivity index (χ1n) is 10.1. The zero-order chi connectivity index (χ0) is 23.2. The largest absolute Gasteiger partial charge is 0.496 e. The minimum Gasteiger partial charge on any atom is -0.496 e. The minimum absolute atomic E-state index is 0.369. The third kappa shape index (κ3) is 4.59. The fourth-order valence-electron chi connectivity index (χ4n) is 3.41. The molecule has 1 amide bonds.